The lowest BCUT2D eigenvalue weighted by atomic mass is 10.1. The third kappa shape index (κ3) is 3.07. The molecule has 3 rings (SSSR count). The van der Waals surface area contributed by atoms with Crippen LogP contribution in [0.15, 0.2) is 30.5 Å². The molecule has 0 aliphatic carbocycles. The third-order valence-electron chi connectivity index (χ3n) is 4.10. The lowest BCUT2D eigenvalue weighted by molar-refractivity contribution is -0.00633. The van der Waals surface area contributed by atoms with E-state index in [4.69, 9.17) is 10.00 Å². The number of aromatic nitrogens is 2. The molecule has 23 heavy (non-hydrogen) atoms. The topological polar surface area (TPSA) is 74.3 Å². The van der Waals surface area contributed by atoms with Gasteiger partial charge in [-0.05, 0) is 31.0 Å². The standard InChI is InChI=1S/C17H19N4O2/c1-2-16(20-7-9-23-10-8-20)21-17(22)15(12-19-21)14-5-3-13(11-18)4-6-14/h3-6,12,16,22H,1-2,7-10H2. The van der Waals surface area contributed by atoms with Crippen molar-refractivity contribution in [2.75, 3.05) is 26.3 Å². The largest absolute Gasteiger partial charge is 0.493 e. The first-order valence-electron chi connectivity index (χ1n) is 7.62. The second-order valence-electron chi connectivity index (χ2n) is 5.43. The number of rotatable bonds is 4. The van der Waals surface area contributed by atoms with Crippen LogP contribution < -0.4 is 0 Å². The highest BCUT2D eigenvalue weighted by atomic mass is 16.5. The van der Waals surface area contributed by atoms with Crippen LogP contribution in [0, 0.1) is 18.3 Å². The highest BCUT2D eigenvalue weighted by Gasteiger charge is 2.25. The van der Waals surface area contributed by atoms with E-state index >= 15 is 0 Å². The summed E-state index contributed by atoms with van der Waals surface area (Å²) < 4.78 is 6.99. The average molecular weight is 311 g/mol. The molecular weight excluding hydrogens is 292 g/mol. The van der Waals surface area contributed by atoms with Gasteiger partial charge in [0, 0.05) is 13.1 Å². The molecule has 1 atom stereocenters. The van der Waals surface area contributed by atoms with E-state index in [1.807, 2.05) is 12.1 Å². The fourth-order valence-electron chi connectivity index (χ4n) is 2.84. The van der Waals surface area contributed by atoms with Crippen molar-refractivity contribution in [2.24, 2.45) is 0 Å². The Balaban J connectivity index is 1.89. The van der Waals surface area contributed by atoms with Crippen LogP contribution in [0.3, 0.4) is 0 Å². The molecule has 1 saturated heterocycles. The Bertz CT molecular complexity index is 696. The predicted molar refractivity (Wildman–Crippen MR) is 85.4 cm³/mol. The molecule has 119 valence electrons. The monoisotopic (exact) mass is 311 g/mol. The van der Waals surface area contributed by atoms with Gasteiger partial charge in [0.1, 0.15) is 6.17 Å². The molecule has 1 unspecified atom stereocenters. The Labute approximate surface area is 135 Å². The van der Waals surface area contributed by atoms with Gasteiger partial charge >= 0.3 is 0 Å². The minimum Gasteiger partial charge on any atom is -0.493 e. The van der Waals surface area contributed by atoms with Gasteiger partial charge in [0.05, 0.1) is 36.6 Å². The zero-order valence-corrected chi connectivity index (χ0v) is 12.9. The summed E-state index contributed by atoms with van der Waals surface area (Å²) in [5, 5.41) is 23.8. The van der Waals surface area contributed by atoms with E-state index in [-0.39, 0.29) is 12.0 Å². The van der Waals surface area contributed by atoms with Crippen molar-refractivity contribution in [3.8, 4) is 23.1 Å². The summed E-state index contributed by atoms with van der Waals surface area (Å²) in [4.78, 5) is 2.21. The van der Waals surface area contributed by atoms with Gasteiger partial charge in [-0.3, -0.25) is 4.90 Å². The molecule has 1 aromatic carbocycles. The minimum atomic E-state index is -0.0916. The van der Waals surface area contributed by atoms with Crippen molar-refractivity contribution in [1.82, 2.24) is 14.7 Å². The molecule has 0 spiro atoms. The van der Waals surface area contributed by atoms with Crippen LogP contribution >= 0.6 is 0 Å². The second kappa shape index (κ2) is 6.82. The fourth-order valence-corrected chi connectivity index (χ4v) is 2.84. The zero-order chi connectivity index (χ0) is 16.2. The van der Waals surface area contributed by atoms with E-state index in [0.29, 0.717) is 30.8 Å². The molecule has 2 heterocycles. The quantitative estimate of drug-likeness (QED) is 0.937. The lowest BCUT2D eigenvalue weighted by Crippen LogP contribution is -2.41. The van der Waals surface area contributed by atoms with E-state index < -0.39 is 0 Å². The van der Waals surface area contributed by atoms with E-state index in [1.54, 1.807) is 23.0 Å². The molecule has 0 bridgehead atoms. The maximum Gasteiger partial charge on any atom is 0.218 e. The molecule has 1 fully saturated rings. The number of hydrogen-bond donors (Lipinski definition) is 1. The average Bonchev–Trinajstić information content (AvgIpc) is 2.98. The molecule has 1 radical (unpaired) electrons. The molecule has 0 amide bonds. The first-order valence-corrected chi connectivity index (χ1v) is 7.62. The van der Waals surface area contributed by atoms with E-state index in [2.05, 4.69) is 23.0 Å². The van der Waals surface area contributed by atoms with Crippen molar-refractivity contribution in [2.45, 2.75) is 12.6 Å². The molecule has 1 aromatic heterocycles. The maximum absolute atomic E-state index is 10.6. The summed E-state index contributed by atoms with van der Waals surface area (Å²) in [6.07, 6.45) is 2.16. The molecule has 2 aromatic rings. The molecule has 6 nitrogen and oxygen atoms in total. The summed E-state index contributed by atoms with van der Waals surface area (Å²) in [5.41, 5.74) is 2.07. The molecule has 0 saturated carbocycles. The normalized spacial score (nSPS) is 16.9. The van der Waals surface area contributed by atoms with Gasteiger partial charge in [-0.1, -0.05) is 12.1 Å². The Hall–Kier alpha value is -2.36. The van der Waals surface area contributed by atoms with Crippen molar-refractivity contribution in [3.63, 3.8) is 0 Å². The van der Waals surface area contributed by atoms with Crippen LogP contribution in [0.25, 0.3) is 11.1 Å². The third-order valence-corrected chi connectivity index (χ3v) is 4.10. The van der Waals surface area contributed by atoms with Crippen LogP contribution in [-0.4, -0.2) is 46.1 Å². The summed E-state index contributed by atoms with van der Waals surface area (Å²) in [6.45, 7) is 6.95. The van der Waals surface area contributed by atoms with Crippen molar-refractivity contribution in [1.29, 1.82) is 5.26 Å². The van der Waals surface area contributed by atoms with Gasteiger partial charge < -0.3 is 9.84 Å². The van der Waals surface area contributed by atoms with Gasteiger partial charge in [-0.15, -0.1) is 0 Å². The van der Waals surface area contributed by atoms with Crippen molar-refractivity contribution in [3.05, 3.63) is 42.9 Å². The SMILES string of the molecule is [CH2]CC(N1CCOCC1)n1ncc(-c2ccc(C#N)cc2)c1O. The van der Waals surface area contributed by atoms with Gasteiger partial charge in [0.25, 0.3) is 0 Å². The van der Waals surface area contributed by atoms with Crippen LogP contribution in [0.5, 0.6) is 5.88 Å². The molecular formula is C17H19N4O2. The Morgan fingerprint density at radius 1 is 1.30 bits per heavy atom. The number of aromatic hydroxyl groups is 1. The number of nitriles is 1. The summed E-state index contributed by atoms with van der Waals surface area (Å²) in [6, 6.07) is 9.17. The predicted octanol–water partition coefficient (Wildman–Crippen LogP) is 2.18. The van der Waals surface area contributed by atoms with E-state index in [9.17, 15) is 5.11 Å². The number of hydrogen-bond acceptors (Lipinski definition) is 5. The first kappa shape index (κ1) is 15.5. The van der Waals surface area contributed by atoms with Gasteiger partial charge in [-0.2, -0.15) is 10.4 Å². The summed E-state index contributed by atoms with van der Waals surface area (Å²) in [7, 11) is 0. The van der Waals surface area contributed by atoms with Gasteiger partial charge in [0.2, 0.25) is 5.88 Å². The first-order chi connectivity index (χ1) is 11.2. The van der Waals surface area contributed by atoms with Crippen LogP contribution in [0.2, 0.25) is 0 Å². The summed E-state index contributed by atoms with van der Waals surface area (Å²) in [5.74, 6) is 0.120. The molecule has 1 N–H and O–H groups in total. The van der Waals surface area contributed by atoms with E-state index in [0.717, 1.165) is 18.7 Å². The number of ether oxygens (including phenoxy) is 1. The maximum atomic E-state index is 10.6. The van der Waals surface area contributed by atoms with Gasteiger partial charge in [0.15, 0.2) is 0 Å². The molecule has 1 aliphatic heterocycles. The number of nitrogens with zero attached hydrogens (tertiary/aromatic N) is 4. The highest BCUT2D eigenvalue weighted by Crippen LogP contribution is 2.33. The Kier molecular flexibility index (Phi) is 4.60. The van der Waals surface area contributed by atoms with Crippen molar-refractivity contribution >= 4 is 0 Å². The van der Waals surface area contributed by atoms with E-state index in [1.165, 1.54) is 0 Å². The zero-order valence-electron chi connectivity index (χ0n) is 12.9. The van der Waals surface area contributed by atoms with Crippen molar-refractivity contribution < 1.29 is 9.84 Å². The summed E-state index contributed by atoms with van der Waals surface area (Å²) >= 11 is 0. The second-order valence-corrected chi connectivity index (χ2v) is 5.43. The van der Waals surface area contributed by atoms with Crippen LogP contribution in [-0.2, 0) is 4.74 Å². The van der Waals surface area contributed by atoms with Gasteiger partial charge in [-0.25, -0.2) is 4.68 Å². The lowest BCUT2D eigenvalue weighted by Gasteiger charge is -2.34. The smallest absolute Gasteiger partial charge is 0.218 e. The fraction of sp³-hybridized carbons (Fsp3) is 0.353. The van der Waals surface area contributed by atoms with Crippen LogP contribution in [0.1, 0.15) is 18.2 Å². The minimum absolute atomic E-state index is 0.0916. The molecule has 1 aliphatic rings. The highest BCUT2D eigenvalue weighted by molar-refractivity contribution is 5.68. The molecule has 6 heteroatoms. The number of morpholine rings is 1. The Morgan fingerprint density at radius 3 is 2.61 bits per heavy atom. The number of benzene rings is 1. The Morgan fingerprint density at radius 2 is 2.00 bits per heavy atom. The van der Waals surface area contributed by atoms with Crippen LogP contribution in [0.4, 0.5) is 0 Å².